The summed E-state index contributed by atoms with van der Waals surface area (Å²) >= 11 is 13.1. The largest absolute Gasteiger partial charge is 0.343 e. The average molecular weight is 289 g/mol. The highest BCUT2D eigenvalue weighted by Crippen LogP contribution is 2.23. The van der Waals surface area contributed by atoms with Crippen molar-refractivity contribution in [2.24, 2.45) is 0 Å². The van der Waals surface area contributed by atoms with E-state index < -0.39 is 0 Å². The Balaban J connectivity index is 2.09. The Hall–Kier alpha value is -0.710. The van der Waals surface area contributed by atoms with Crippen LogP contribution in [-0.4, -0.2) is 34.7 Å². The predicted molar refractivity (Wildman–Crippen MR) is 72.6 cm³/mol. The van der Waals surface area contributed by atoms with Gasteiger partial charge in [0.1, 0.15) is 0 Å². The second-order valence-electron chi connectivity index (χ2n) is 3.63. The van der Waals surface area contributed by atoms with Crippen LogP contribution in [0.1, 0.15) is 10.4 Å². The number of rotatable bonds is 3. The zero-order valence-electron chi connectivity index (χ0n) is 8.87. The number of nitrogens with zero attached hydrogens (tertiary/aromatic N) is 1. The zero-order chi connectivity index (χ0) is 12.4. The number of amidine groups is 1. The molecule has 1 aromatic rings. The molecule has 17 heavy (non-hydrogen) atoms. The van der Waals surface area contributed by atoms with Crippen LogP contribution in [0, 0.1) is 5.41 Å². The van der Waals surface area contributed by atoms with Gasteiger partial charge in [-0.15, -0.1) is 0 Å². The van der Waals surface area contributed by atoms with Crippen molar-refractivity contribution in [3.63, 3.8) is 0 Å². The van der Waals surface area contributed by atoms with Crippen molar-refractivity contribution in [3.8, 4) is 0 Å². The summed E-state index contributed by atoms with van der Waals surface area (Å²) in [4.78, 5) is 13.7. The summed E-state index contributed by atoms with van der Waals surface area (Å²) in [6.45, 7) is 0.973. The highest BCUT2D eigenvalue weighted by atomic mass is 35.5. The van der Waals surface area contributed by atoms with Crippen molar-refractivity contribution in [2.75, 3.05) is 18.8 Å². The van der Waals surface area contributed by atoms with Crippen LogP contribution in [0.2, 0.25) is 10.0 Å². The van der Waals surface area contributed by atoms with Crippen LogP contribution in [0.25, 0.3) is 0 Å². The van der Waals surface area contributed by atoms with E-state index in [0.717, 1.165) is 12.3 Å². The van der Waals surface area contributed by atoms with E-state index in [1.807, 2.05) is 0 Å². The lowest BCUT2D eigenvalue weighted by Gasteiger charge is -2.15. The van der Waals surface area contributed by atoms with Crippen molar-refractivity contribution in [3.05, 3.63) is 33.8 Å². The Bertz CT molecular complexity index is 479. The van der Waals surface area contributed by atoms with Gasteiger partial charge in [0.25, 0.3) is 0 Å². The SMILES string of the molecule is N=C1SCCN1CC(=O)c1ccc(Cl)c(Cl)c1. The summed E-state index contributed by atoms with van der Waals surface area (Å²) in [5, 5.41) is 8.90. The summed E-state index contributed by atoms with van der Waals surface area (Å²) in [5.41, 5.74) is 0.532. The minimum atomic E-state index is -0.0455. The molecule has 2 rings (SSSR count). The van der Waals surface area contributed by atoms with E-state index >= 15 is 0 Å². The standard InChI is InChI=1S/C11H10Cl2N2OS/c12-8-2-1-7(5-9(8)13)10(16)6-15-3-4-17-11(15)14/h1-2,5,14H,3-4,6H2. The highest BCUT2D eigenvalue weighted by Gasteiger charge is 2.21. The van der Waals surface area contributed by atoms with Gasteiger partial charge in [-0.2, -0.15) is 0 Å². The topological polar surface area (TPSA) is 44.2 Å². The molecular weight excluding hydrogens is 279 g/mol. The van der Waals surface area contributed by atoms with E-state index in [1.54, 1.807) is 23.1 Å². The number of halogens is 2. The molecule has 0 aliphatic carbocycles. The van der Waals surface area contributed by atoms with Gasteiger partial charge >= 0.3 is 0 Å². The molecule has 1 aromatic carbocycles. The zero-order valence-corrected chi connectivity index (χ0v) is 11.2. The Morgan fingerprint density at radius 2 is 2.18 bits per heavy atom. The third kappa shape index (κ3) is 2.94. The number of hydrogen-bond acceptors (Lipinski definition) is 3. The number of ketones is 1. The number of thioether (sulfide) groups is 1. The molecule has 0 saturated carbocycles. The summed E-state index contributed by atoms with van der Waals surface area (Å²) in [6, 6.07) is 4.84. The Kier molecular flexibility index (Phi) is 3.97. The molecule has 90 valence electrons. The van der Waals surface area contributed by atoms with Gasteiger partial charge in [0.05, 0.1) is 16.6 Å². The maximum absolute atomic E-state index is 12.0. The predicted octanol–water partition coefficient (Wildman–Crippen LogP) is 3.16. The van der Waals surface area contributed by atoms with E-state index in [-0.39, 0.29) is 12.3 Å². The summed E-state index contributed by atoms with van der Waals surface area (Å²) in [6.07, 6.45) is 0. The van der Waals surface area contributed by atoms with Crippen LogP contribution in [0.4, 0.5) is 0 Å². The van der Waals surface area contributed by atoms with Crippen LogP contribution in [-0.2, 0) is 0 Å². The second-order valence-corrected chi connectivity index (χ2v) is 5.53. The fourth-order valence-corrected chi connectivity index (χ4v) is 2.67. The van der Waals surface area contributed by atoms with Gasteiger partial charge in [-0.25, -0.2) is 0 Å². The van der Waals surface area contributed by atoms with Crippen LogP contribution in [0.15, 0.2) is 18.2 Å². The number of benzene rings is 1. The molecule has 6 heteroatoms. The first-order valence-electron chi connectivity index (χ1n) is 5.02. The molecule has 1 N–H and O–H groups in total. The van der Waals surface area contributed by atoms with Crippen LogP contribution >= 0.6 is 35.0 Å². The van der Waals surface area contributed by atoms with Crippen molar-refractivity contribution < 1.29 is 4.79 Å². The molecule has 0 atom stereocenters. The quantitative estimate of drug-likeness (QED) is 0.869. The first-order valence-corrected chi connectivity index (χ1v) is 6.76. The fraction of sp³-hybridized carbons (Fsp3) is 0.273. The molecule has 3 nitrogen and oxygen atoms in total. The first kappa shape index (κ1) is 12.7. The molecular formula is C11H10Cl2N2OS. The molecule has 0 bridgehead atoms. The molecule has 0 unspecified atom stereocenters. The Morgan fingerprint density at radius 1 is 1.41 bits per heavy atom. The number of Topliss-reactive ketones (excluding diaryl/α,β-unsaturated/α-hetero) is 1. The minimum Gasteiger partial charge on any atom is -0.343 e. The monoisotopic (exact) mass is 288 g/mol. The average Bonchev–Trinajstić information content (AvgIpc) is 2.68. The third-order valence-corrected chi connectivity index (χ3v) is 4.12. The smallest absolute Gasteiger partial charge is 0.182 e. The lowest BCUT2D eigenvalue weighted by atomic mass is 10.1. The maximum atomic E-state index is 12.0. The number of carbonyl (C=O) groups is 1. The van der Waals surface area contributed by atoms with E-state index in [1.165, 1.54) is 11.8 Å². The summed E-state index contributed by atoms with van der Waals surface area (Å²) < 4.78 is 0. The molecule has 0 aromatic heterocycles. The Morgan fingerprint density at radius 3 is 2.76 bits per heavy atom. The van der Waals surface area contributed by atoms with E-state index in [4.69, 9.17) is 28.6 Å². The number of hydrogen-bond donors (Lipinski definition) is 1. The third-order valence-electron chi connectivity index (χ3n) is 2.46. The van der Waals surface area contributed by atoms with E-state index in [2.05, 4.69) is 0 Å². The Labute approximate surface area is 114 Å². The molecule has 1 fully saturated rings. The van der Waals surface area contributed by atoms with Gasteiger partial charge in [0.2, 0.25) is 0 Å². The van der Waals surface area contributed by atoms with Crippen molar-refractivity contribution in [2.45, 2.75) is 0 Å². The summed E-state index contributed by atoms with van der Waals surface area (Å²) in [7, 11) is 0. The normalized spacial score (nSPS) is 15.4. The fourth-order valence-electron chi connectivity index (χ4n) is 1.53. The minimum absolute atomic E-state index is 0.0455. The van der Waals surface area contributed by atoms with Crippen molar-refractivity contribution in [1.82, 2.24) is 4.90 Å². The lowest BCUT2D eigenvalue weighted by molar-refractivity contribution is 0.0966. The molecule has 1 heterocycles. The van der Waals surface area contributed by atoms with Gasteiger partial charge in [-0.1, -0.05) is 35.0 Å². The van der Waals surface area contributed by atoms with Crippen LogP contribution in [0.3, 0.4) is 0 Å². The van der Waals surface area contributed by atoms with Crippen LogP contribution in [0.5, 0.6) is 0 Å². The second kappa shape index (κ2) is 5.29. The first-order chi connectivity index (χ1) is 8.08. The van der Waals surface area contributed by atoms with Crippen LogP contribution < -0.4 is 0 Å². The molecule has 1 aliphatic heterocycles. The summed E-state index contributed by atoms with van der Waals surface area (Å²) in [5.74, 6) is 0.823. The molecule has 0 spiro atoms. The van der Waals surface area contributed by atoms with Crippen molar-refractivity contribution in [1.29, 1.82) is 5.41 Å². The molecule has 0 radical (unpaired) electrons. The van der Waals surface area contributed by atoms with Gasteiger partial charge < -0.3 is 4.90 Å². The number of nitrogens with one attached hydrogen (secondary N) is 1. The van der Waals surface area contributed by atoms with Gasteiger partial charge in [-0.3, -0.25) is 10.2 Å². The van der Waals surface area contributed by atoms with Gasteiger partial charge in [-0.05, 0) is 18.2 Å². The van der Waals surface area contributed by atoms with E-state index in [0.29, 0.717) is 20.8 Å². The number of carbonyl (C=O) groups excluding carboxylic acids is 1. The molecule has 0 amide bonds. The van der Waals surface area contributed by atoms with Gasteiger partial charge in [0.15, 0.2) is 11.0 Å². The van der Waals surface area contributed by atoms with Crippen molar-refractivity contribution >= 4 is 45.9 Å². The molecule has 1 aliphatic rings. The maximum Gasteiger partial charge on any atom is 0.182 e. The highest BCUT2D eigenvalue weighted by molar-refractivity contribution is 8.14. The molecule has 1 saturated heterocycles. The van der Waals surface area contributed by atoms with E-state index in [9.17, 15) is 4.79 Å². The lowest BCUT2D eigenvalue weighted by Crippen LogP contribution is -2.30. The van der Waals surface area contributed by atoms with Gasteiger partial charge in [0, 0.05) is 17.9 Å².